The van der Waals surface area contributed by atoms with Crippen molar-refractivity contribution in [1.82, 2.24) is 5.32 Å². The van der Waals surface area contributed by atoms with Gasteiger partial charge in [-0.15, -0.1) is 0 Å². The van der Waals surface area contributed by atoms with Crippen molar-refractivity contribution in [1.29, 1.82) is 0 Å². The number of benzene rings is 1. The molecule has 2 nitrogen and oxygen atoms in total. The van der Waals surface area contributed by atoms with Crippen LogP contribution >= 0.6 is 22.6 Å². The second-order valence-corrected chi connectivity index (χ2v) is 4.95. The maximum absolute atomic E-state index is 12.9. The van der Waals surface area contributed by atoms with Crippen molar-refractivity contribution >= 4 is 28.5 Å². The molecule has 0 bridgehead atoms. The molecule has 0 aromatic heterocycles. The second kappa shape index (κ2) is 8.44. The number of carbonyl (C=O) groups excluding carboxylic acids is 1. The van der Waals surface area contributed by atoms with Crippen LogP contribution in [0.4, 0.5) is 4.39 Å². The number of rotatable bonds is 7. The Morgan fingerprint density at radius 2 is 2.00 bits per heavy atom. The average Bonchev–Trinajstić information content (AvgIpc) is 2.33. The fourth-order valence-corrected chi connectivity index (χ4v) is 2.05. The monoisotopic (exact) mass is 349 g/mol. The van der Waals surface area contributed by atoms with E-state index in [0.717, 1.165) is 12.8 Å². The zero-order valence-electron chi connectivity index (χ0n) is 9.72. The van der Waals surface area contributed by atoms with Gasteiger partial charge in [0.2, 0.25) is 0 Å². The zero-order chi connectivity index (χ0) is 12.5. The predicted octanol–water partition coefficient (Wildman–Crippen LogP) is 3.55. The Balaban J connectivity index is 2.21. The minimum absolute atomic E-state index is 0.196. The van der Waals surface area contributed by atoms with Gasteiger partial charge in [-0.2, -0.15) is 0 Å². The Hall–Kier alpha value is -0.650. The Morgan fingerprint density at radius 3 is 2.71 bits per heavy atom. The molecule has 0 unspecified atom stereocenters. The quantitative estimate of drug-likeness (QED) is 0.455. The van der Waals surface area contributed by atoms with Crippen molar-refractivity contribution in [2.75, 3.05) is 11.0 Å². The van der Waals surface area contributed by atoms with E-state index in [4.69, 9.17) is 0 Å². The van der Waals surface area contributed by atoms with Gasteiger partial charge in [0.1, 0.15) is 5.82 Å². The topological polar surface area (TPSA) is 29.1 Å². The third-order valence-electron chi connectivity index (χ3n) is 2.43. The van der Waals surface area contributed by atoms with Gasteiger partial charge in [-0.1, -0.05) is 41.5 Å². The smallest absolute Gasteiger partial charge is 0.251 e. The summed E-state index contributed by atoms with van der Waals surface area (Å²) in [6, 6.07) is 5.76. The molecule has 1 rings (SSSR count). The highest BCUT2D eigenvalue weighted by molar-refractivity contribution is 14.1. The molecule has 0 saturated carbocycles. The van der Waals surface area contributed by atoms with Crippen LogP contribution in [0.3, 0.4) is 0 Å². The molecule has 0 aliphatic carbocycles. The van der Waals surface area contributed by atoms with E-state index >= 15 is 0 Å². The Morgan fingerprint density at radius 1 is 1.24 bits per heavy atom. The molecule has 0 aliphatic heterocycles. The molecule has 0 atom stereocenters. The van der Waals surface area contributed by atoms with Crippen LogP contribution in [0, 0.1) is 5.82 Å². The molecular formula is C13H17FINO. The number of carbonyl (C=O) groups is 1. The van der Waals surface area contributed by atoms with Gasteiger partial charge in [0.25, 0.3) is 5.91 Å². The van der Waals surface area contributed by atoms with E-state index in [1.54, 1.807) is 12.1 Å². The lowest BCUT2D eigenvalue weighted by Gasteiger charge is -2.05. The van der Waals surface area contributed by atoms with E-state index in [-0.39, 0.29) is 11.7 Å². The number of alkyl halides is 1. The van der Waals surface area contributed by atoms with Crippen LogP contribution in [-0.2, 0) is 0 Å². The highest BCUT2D eigenvalue weighted by atomic mass is 127. The van der Waals surface area contributed by atoms with Gasteiger partial charge in [0.15, 0.2) is 0 Å². The van der Waals surface area contributed by atoms with Gasteiger partial charge in [-0.25, -0.2) is 4.39 Å². The summed E-state index contributed by atoms with van der Waals surface area (Å²) in [5, 5.41) is 2.80. The van der Waals surface area contributed by atoms with Gasteiger partial charge < -0.3 is 5.32 Å². The molecule has 4 heteroatoms. The fourth-order valence-electron chi connectivity index (χ4n) is 1.51. The standard InChI is InChI=1S/C13H17FINO/c14-12-7-5-6-11(10-12)13(17)16-9-4-2-1-3-8-15/h5-7,10H,1-4,8-9H2,(H,16,17). The van der Waals surface area contributed by atoms with Crippen LogP contribution < -0.4 is 5.32 Å². The average molecular weight is 349 g/mol. The van der Waals surface area contributed by atoms with Crippen LogP contribution in [0.2, 0.25) is 0 Å². The summed E-state index contributed by atoms with van der Waals surface area (Å²) < 4.78 is 14.1. The fraction of sp³-hybridized carbons (Fsp3) is 0.462. The number of hydrogen-bond donors (Lipinski definition) is 1. The van der Waals surface area contributed by atoms with E-state index in [9.17, 15) is 9.18 Å². The lowest BCUT2D eigenvalue weighted by Crippen LogP contribution is -2.24. The highest BCUT2D eigenvalue weighted by Gasteiger charge is 2.04. The van der Waals surface area contributed by atoms with E-state index in [2.05, 4.69) is 27.9 Å². The van der Waals surface area contributed by atoms with Gasteiger partial charge >= 0.3 is 0 Å². The molecule has 1 amide bonds. The van der Waals surface area contributed by atoms with Crippen LogP contribution in [0.5, 0.6) is 0 Å². The Bertz CT molecular complexity index is 357. The molecule has 0 radical (unpaired) electrons. The highest BCUT2D eigenvalue weighted by Crippen LogP contribution is 2.04. The number of hydrogen-bond acceptors (Lipinski definition) is 1. The molecular weight excluding hydrogens is 332 g/mol. The molecule has 0 spiro atoms. The van der Waals surface area contributed by atoms with Gasteiger partial charge in [0.05, 0.1) is 0 Å². The third-order valence-corrected chi connectivity index (χ3v) is 3.20. The minimum atomic E-state index is -0.375. The molecule has 17 heavy (non-hydrogen) atoms. The number of amides is 1. The normalized spacial score (nSPS) is 10.2. The molecule has 0 aliphatic rings. The Labute approximate surface area is 115 Å². The Kier molecular flexibility index (Phi) is 7.16. The van der Waals surface area contributed by atoms with Crippen LogP contribution in [0.25, 0.3) is 0 Å². The van der Waals surface area contributed by atoms with E-state index < -0.39 is 0 Å². The molecule has 1 aromatic rings. The van der Waals surface area contributed by atoms with E-state index in [1.807, 2.05) is 0 Å². The van der Waals surface area contributed by atoms with Crippen molar-refractivity contribution < 1.29 is 9.18 Å². The molecule has 1 aromatic carbocycles. The first-order chi connectivity index (χ1) is 8.24. The molecule has 0 fully saturated rings. The van der Waals surface area contributed by atoms with Crippen molar-refractivity contribution in [3.63, 3.8) is 0 Å². The van der Waals surface area contributed by atoms with Crippen molar-refractivity contribution in [2.45, 2.75) is 25.7 Å². The zero-order valence-corrected chi connectivity index (χ0v) is 11.9. The second-order valence-electron chi connectivity index (χ2n) is 3.87. The largest absolute Gasteiger partial charge is 0.352 e. The van der Waals surface area contributed by atoms with Crippen molar-refractivity contribution in [3.05, 3.63) is 35.6 Å². The molecule has 94 valence electrons. The summed E-state index contributed by atoms with van der Waals surface area (Å²) in [7, 11) is 0. The van der Waals surface area contributed by atoms with Crippen LogP contribution in [-0.4, -0.2) is 16.9 Å². The first-order valence-corrected chi connectivity index (χ1v) is 7.36. The predicted molar refractivity (Wildman–Crippen MR) is 76.1 cm³/mol. The van der Waals surface area contributed by atoms with Gasteiger partial charge in [-0.3, -0.25) is 4.79 Å². The maximum atomic E-state index is 12.9. The summed E-state index contributed by atoms with van der Waals surface area (Å²) in [4.78, 5) is 11.6. The van der Waals surface area contributed by atoms with Gasteiger partial charge in [0, 0.05) is 12.1 Å². The summed E-state index contributed by atoms with van der Waals surface area (Å²) in [5.41, 5.74) is 0.386. The lowest BCUT2D eigenvalue weighted by molar-refractivity contribution is 0.0952. The van der Waals surface area contributed by atoms with E-state index in [0.29, 0.717) is 12.1 Å². The SMILES string of the molecule is O=C(NCCCCCCI)c1cccc(F)c1. The number of nitrogens with one attached hydrogen (secondary N) is 1. The number of unbranched alkanes of at least 4 members (excludes halogenated alkanes) is 3. The third kappa shape index (κ3) is 6.00. The molecule has 0 saturated heterocycles. The molecule has 0 heterocycles. The maximum Gasteiger partial charge on any atom is 0.251 e. The summed E-state index contributed by atoms with van der Waals surface area (Å²) in [5.74, 6) is -0.571. The van der Waals surface area contributed by atoms with Crippen LogP contribution in [0.15, 0.2) is 24.3 Å². The lowest BCUT2D eigenvalue weighted by atomic mass is 10.2. The van der Waals surface area contributed by atoms with Crippen LogP contribution in [0.1, 0.15) is 36.0 Å². The number of halogens is 2. The molecule has 1 N–H and O–H groups in total. The van der Waals surface area contributed by atoms with Crippen molar-refractivity contribution in [2.24, 2.45) is 0 Å². The summed E-state index contributed by atoms with van der Waals surface area (Å²) >= 11 is 2.36. The summed E-state index contributed by atoms with van der Waals surface area (Å²) in [6.45, 7) is 0.663. The van der Waals surface area contributed by atoms with Crippen molar-refractivity contribution in [3.8, 4) is 0 Å². The van der Waals surface area contributed by atoms with Gasteiger partial charge in [-0.05, 0) is 35.5 Å². The summed E-state index contributed by atoms with van der Waals surface area (Å²) in [6.07, 6.45) is 4.56. The minimum Gasteiger partial charge on any atom is -0.352 e. The van der Waals surface area contributed by atoms with E-state index in [1.165, 1.54) is 29.4 Å². The first-order valence-electron chi connectivity index (χ1n) is 5.84. The first kappa shape index (κ1) is 14.4.